The van der Waals surface area contributed by atoms with Crippen molar-refractivity contribution in [3.05, 3.63) is 35.1 Å². The summed E-state index contributed by atoms with van der Waals surface area (Å²) in [6.07, 6.45) is 1.87. The molecule has 1 saturated heterocycles. The number of hydrogen-bond acceptors (Lipinski definition) is 4. The maximum Gasteiger partial charge on any atom is 0.229 e. The van der Waals surface area contributed by atoms with Gasteiger partial charge in [0, 0.05) is 23.8 Å². The number of hydrogen-bond donors (Lipinski definition) is 1. The van der Waals surface area contributed by atoms with Crippen LogP contribution in [0.1, 0.15) is 67.7 Å². The van der Waals surface area contributed by atoms with Gasteiger partial charge in [-0.05, 0) is 25.8 Å². The van der Waals surface area contributed by atoms with Crippen molar-refractivity contribution >= 4 is 23.4 Å². The lowest BCUT2D eigenvalue weighted by Gasteiger charge is -2.15. The first-order valence-corrected chi connectivity index (χ1v) is 8.36. The summed E-state index contributed by atoms with van der Waals surface area (Å²) >= 11 is 0. The number of halogens is 1. The van der Waals surface area contributed by atoms with Crippen LogP contribution in [0, 0.1) is 17.7 Å². The van der Waals surface area contributed by atoms with Gasteiger partial charge < -0.3 is 0 Å². The summed E-state index contributed by atoms with van der Waals surface area (Å²) in [5, 5.41) is 2.25. The highest BCUT2D eigenvalue weighted by atomic mass is 19.1. The van der Waals surface area contributed by atoms with Gasteiger partial charge in [-0.3, -0.25) is 24.5 Å². The van der Waals surface area contributed by atoms with Crippen molar-refractivity contribution in [3.63, 3.8) is 0 Å². The van der Waals surface area contributed by atoms with E-state index < -0.39 is 11.6 Å². The molecule has 1 aromatic rings. The molecule has 2 atom stereocenters. The Kier molecular flexibility index (Phi) is 7.61. The van der Waals surface area contributed by atoms with E-state index in [9.17, 15) is 23.6 Å². The zero-order valence-electron chi connectivity index (χ0n) is 15.0. The summed E-state index contributed by atoms with van der Waals surface area (Å²) in [4.78, 5) is 44.4. The van der Waals surface area contributed by atoms with E-state index in [1.165, 1.54) is 25.1 Å². The van der Waals surface area contributed by atoms with Gasteiger partial charge in [0.1, 0.15) is 5.82 Å². The maximum atomic E-state index is 13.5. The molecule has 1 aliphatic heterocycles. The highest BCUT2D eigenvalue weighted by Crippen LogP contribution is 2.19. The van der Waals surface area contributed by atoms with Crippen LogP contribution in [0.4, 0.5) is 4.39 Å². The van der Waals surface area contributed by atoms with E-state index >= 15 is 0 Å². The third-order valence-corrected chi connectivity index (χ3v) is 4.21. The minimum atomic E-state index is -0.623. The number of carbonyl (C=O) groups excluding carboxylic acids is 4. The van der Waals surface area contributed by atoms with Crippen LogP contribution in [0.3, 0.4) is 0 Å². The van der Waals surface area contributed by atoms with Gasteiger partial charge in [0.15, 0.2) is 11.6 Å². The Morgan fingerprint density at radius 2 is 1.96 bits per heavy atom. The van der Waals surface area contributed by atoms with Gasteiger partial charge in [0.2, 0.25) is 11.8 Å². The molecule has 1 aromatic carbocycles. The lowest BCUT2D eigenvalue weighted by molar-refractivity contribution is -0.135. The zero-order valence-corrected chi connectivity index (χ0v) is 15.0. The van der Waals surface area contributed by atoms with Crippen molar-refractivity contribution in [1.29, 1.82) is 0 Å². The monoisotopic (exact) mass is 349 g/mol. The maximum absolute atomic E-state index is 13.5. The SMILES string of the molecule is CC1CCC(=O)NC1=O.CCC(C)C(=O)c1cccc(F)c1C(C)=O. The average Bonchev–Trinajstić information content (AvgIpc) is 2.57. The number of Topliss-reactive ketones (excluding diaryl/α,β-unsaturated/α-hetero) is 2. The van der Waals surface area contributed by atoms with Crippen LogP contribution in [0.2, 0.25) is 0 Å². The molecular formula is C19H24FNO4. The highest BCUT2D eigenvalue weighted by molar-refractivity contribution is 6.08. The van der Waals surface area contributed by atoms with Crippen molar-refractivity contribution in [2.75, 3.05) is 0 Å². The number of benzene rings is 1. The molecule has 1 fully saturated rings. The van der Waals surface area contributed by atoms with Gasteiger partial charge in [0.25, 0.3) is 0 Å². The molecular weight excluding hydrogens is 325 g/mol. The van der Waals surface area contributed by atoms with Crippen LogP contribution in [0.5, 0.6) is 0 Å². The van der Waals surface area contributed by atoms with Gasteiger partial charge in [-0.25, -0.2) is 4.39 Å². The number of piperidine rings is 1. The third kappa shape index (κ3) is 5.59. The molecule has 0 aliphatic carbocycles. The third-order valence-electron chi connectivity index (χ3n) is 4.21. The Balaban J connectivity index is 0.000000293. The molecule has 6 heteroatoms. The van der Waals surface area contributed by atoms with Crippen molar-refractivity contribution in [2.45, 2.75) is 47.0 Å². The van der Waals surface area contributed by atoms with Crippen molar-refractivity contribution in [2.24, 2.45) is 11.8 Å². The van der Waals surface area contributed by atoms with Gasteiger partial charge in [-0.1, -0.05) is 32.9 Å². The second-order valence-corrected chi connectivity index (χ2v) is 6.24. The molecule has 0 bridgehead atoms. The second-order valence-electron chi connectivity index (χ2n) is 6.24. The van der Waals surface area contributed by atoms with E-state index in [1.807, 2.05) is 13.8 Å². The predicted octanol–water partition coefficient (Wildman–Crippen LogP) is 3.32. The van der Waals surface area contributed by atoms with E-state index in [1.54, 1.807) is 6.92 Å². The fraction of sp³-hybridized carbons (Fsp3) is 0.474. The summed E-state index contributed by atoms with van der Waals surface area (Å²) < 4.78 is 13.5. The van der Waals surface area contributed by atoms with Crippen LogP contribution in [-0.4, -0.2) is 23.4 Å². The molecule has 0 aromatic heterocycles. The smallest absolute Gasteiger partial charge is 0.229 e. The molecule has 2 unspecified atom stereocenters. The standard InChI is InChI=1S/C13H15FO2.C6H9NO2/c1-4-8(2)13(16)10-6-5-7-11(14)12(10)9(3)15;1-4-2-3-5(8)7-6(4)9/h5-8H,4H2,1-3H3;4H,2-3H2,1H3,(H,7,8,9). The van der Waals surface area contributed by atoms with E-state index in [0.717, 1.165) is 0 Å². The van der Waals surface area contributed by atoms with Crippen molar-refractivity contribution in [3.8, 4) is 0 Å². The summed E-state index contributed by atoms with van der Waals surface area (Å²) in [6, 6.07) is 4.16. The minimum Gasteiger partial charge on any atom is -0.296 e. The first kappa shape index (κ1) is 20.7. The number of carbonyl (C=O) groups is 4. The highest BCUT2D eigenvalue weighted by Gasteiger charge is 2.22. The lowest BCUT2D eigenvalue weighted by Crippen LogP contribution is -2.39. The fourth-order valence-corrected chi connectivity index (χ4v) is 2.34. The zero-order chi connectivity index (χ0) is 19.1. The number of imide groups is 1. The van der Waals surface area contributed by atoms with Gasteiger partial charge in [0.05, 0.1) is 5.56 Å². The summed E-state index contributed by atoms with van der Waals surface area (Å²) in [7, 11) is 0. The Morgan fingerprint density at radius 3 is 2.44 bits per heavy atom. The average molecular weight is 349 g/mol. The van der Waals surface area contributed by atoms with E-state index in [2.05, 4.69) is 5.32 Å². The van der Waals surface area contributed by atoms with Gasteiger partial charge in [-0.2, -0.15) is 0 Å². The van der Waals surface area contributed by atoms with Crippen molar-refractivity contribution in [1.82, 2.24) is 5.32 Å². The normalized spacial score (nSPS) is 17.9. The van der Waals surface area contributed by atoms with Crippen LogP contribution in [0.25, 0.3) is 0 Å². The molecule has 1 N–H and O–H groups in total. The number of amides is 2. The van der Waals surface area contributed by atoms with E-state index in [4.69, 9.17) is 0 Å². The molecule has 0 saturated carbocycles. The van der Waals surface area contributed by atoms with Crippen LogP contribution in [0.15, 0.2) is 18.2 Å². The van der Waals surface area contributed by atoms with Crippen LogP contribution >= 0.6 is 0 Å². The molecule has 2 amide bonds. The Hall–Kier alpha value is -2.37. The van der Waals surface area contributed by atoms with Crippen molar-refractivity contribution < 1.29 is 23.6 Å². The van der Waals surface area contributed by atoms with Gasteiger partial charge >= 0.3 is 0 Å². The minimum absolute atomic E-state index is 0.0164. The molecule has 1 aliphatic rings. The molecule has 136 valence electrons. The molecule has 0 spiro atoms. The molecule has 1 heterocycles. The molecule has 25 heavy (non-hydrogen) atoms. The Labute approximate surface area is 147 Å². The molecule has 0 radical (unpaired) electrons. The molecule has 5 nitrogen and oxygen atoms in total. The fourth-order valence-electron chi connectivity index (χ4n) is 2.34. The molecule has 2 rings (SSSR count). The quantitative estimate of drug-likeness (QED) is 0.668. The number of rotatable bonds is 4. The largest absolute Gasteiger partial charge is 0.296 e. The number of nitrogens with one attached hydrogen (secondary N) is 1. The second kappa shape index (κ2) is 9.20. The van der Waals surface area contributed by atoms with Crippen LogP contribution in [-0.2, 0) is 9.59 Å². The van der Waals surface area contributed by atoms with Gasteiger partial charge in [-0.15, -0.1) is 0 Å². The first-order valence-electron chi connectivity index (χ1n) is 8.36. The summed E-state index contributed by atoms with van der Waals surface area (Å²) in [6.45, 7) is 6.75. The topological polar surface area (TPSA) is 80.3 Å². The van der Waals surface area contributed by atoms with Crippen LogP contribution < -0.4 is 5.32 Å². The number of ketones is 2. The summed E-state index contributed by atoms with van der Waals surface area (Å²) in [5.41, 5.74) is 0.106. The Morgan fingerprint density at radius 1 is 1.32 bits per heavy atom. The Bertz CT molecular complexity index is 684. The lowest BCUT2D eigenvalue weighted by atomic mass is 9.92. The van der Waals surface area contributed by atoms with E-state index in [0.29, 0.717) is 19.3 Å². The summed E-state index contributed by atoms with van der Waals surface area (Å²) in [5.74, 6) is -1.66. The van der Waals surface area contributed by atoms with E-state index in [-0.39, 0.29) is 40.6 Å². The predicted molar refractivity (Wildman–Crippen MR) is 91.7 cm³/mol. The first-order chi connectivity index (χ1) is 11.7.